The second-order valence-corrected chi connectivity index (χ2v) is 3.06. The molecule has 6 heteroatoms. The third-order valence-electron chi connectivity index (χ3n) is 1.84. The molecule has 0 saturated heterocycles. The highest BCUT2D eigenvalue weighted by Crippen LogP contribution is 2.14. The predicted octanol–water partition coefficient (Wildman–Crippen LogP) is 0.406. The van der Waals surface area contributed by atoms with Crippen molar-refractivity contribution in [2.45, 2.75) is 6.92 Å². The van der Waals surface area contributed by atoms with E-state index in [1.165, 1.54) is 0 Å². The highest BCUT2D eigenvalue weighted by molar-refractivity contribution is 5.55. The van der Waals surface area contributed by atoms with Crippen LogP contribution in [0, 0.1) is 6.92 Å². The molecule has 0 fully saturated rings. The predicted molar refractivity (Wildman–Crippen MR) is 56.6 cm³/mol. The van der Waals surface area contributed by atoms with Gasteiger partial charge in [-0.05, 0) is 19.1 Å². The molecule has 0 amide bonds. The molecule has 0 aromatic carbocycles. The summed E-state index contributed by atoms with van der Waals surface area (Å²) in [6.07, 6.45) is 1.67. The first-order valence-electron chi connectivity index (χ1n) is 4.35. The van der Waals surface area contributed by atoms with Crippen molar-refractivity contribution in [3.63, 3.8) is 0 Å². The number of rotatable bonds is 1. The number of nitrogen functional groups attached to an aromatic ring is 2. The van der Waals surface area contributed by atoms with Gasteiger partial charge in [-0.1, -0.05) is 0 Å². The van der Waals surface area contributed by atoms with Gasteiger partial charge in [-0.15, -0.1) is 0 Å². The smallest absolute Gasteiger partial charge is 0.225 e. The summed E-state index contributed by atoms with van der Waals surface area (Å²) in [5, 5.41) is 0. The quantitative estimate of drug-likeness (QED) is 0.694. The molecule has 0 bridgehead atoms. The van der Waals surface area contributed by atoms with E-state index in [9.17, 15) is 0 Å². The number of anilines is 2. The van der Waals surface area contributed by atoms with Crippen LogP contribution in [-0.2, 0) is 0 Å². The first kappa shape index (κ1) is 9.32. The molecular formula is C9H10N6. The highest BCUT2D eigenvalue weighted by atomic mass is 15.1. The van der Waals surface area contributed by atoms with Gasteiger partial charge < -0.3 is 11.5 Å². The summed E-state index contributed by atoms with van der Waals surface area (Å²) in [6.45, 7) is 1.90. The van der Waals surface area contributed by atoms with E-state index in [4.69, 9.17) is 11.5 Å². The zero-order valence-electron chi connectivity index (χ0n) is 8.18. The van der Waals surface area contributed by atoms with Crippen LogP contribution in [-0.4, -0.2) is 19.9 Å². The maximum Gasteiger partial charge on any atom is 0.225 e. The van der Waals surface area contributed by atoms with Gasteiger partial charge in [-0.2, -0.15) is 15.0 Å². The molecule has 15 heavy (non-hydrogen) atoms. The molecule has 0 aliphatic carbocycles. The number of hydrogen-bond acceptors (Lipinski definition) is 6. The van der Waals surface area contributed by atoms with Crippen molar-refractivity contribution in [3.05, 3.63) is 24.0 Å². The monoisotopic (exact) mass is 202 g/mol. The van der Waals surface area contributed by atoms with E-state index in [0.29, 0.717) is 5.82 Å². The fourth-order valence-corrected chi connectivity index (χ4v) is 1.14. The van der Waals surface area contributed by atoms with Crippen molar-refractivity contribution in [1.82, 2.24) is 19.9 Å². The molecule has 76 valence electrons. The summed E-state index contributed by atoms with van der Waals surface area (Å²) < 4.78 is 0. The summed E-state index contributed by atoms with van der Waals surface area (Å²) in [6, 6.07) is 3.72. The summed E-state index contributed by atoms with van der Waals surface area (Å²) >= 11 is 0. The molecular weight excluding hydrogens is 192 g/mol. The summed E-state index contributed by atoms with van der Waals surface area (Å²) in [5.41, 5.74) is 12.6. The van der Waals surface area contributed by atoms with Gasteiger partial charge in [0.1, 0.15) is 0 Å². The van der Waals surface area contributed by atoms with E-state index in [1.54, 1.807) is 6.20 Å². The van der Waals surface area contributed by atoms with Gasteiger partial charge in [0.25, 0.3) is 0 Å². The Morgan fingerprint density at radius 1 is 1.00 bits per heavy atom. The van der Waals surface area contributed by atoms with E-state index in [0.717, 1.165) is 11.3 Å². The number of aryl methyl sites for hydroxylation is 1. The minimum absolute atomic E-state index is 0.109. The van der Waals surface area contributed by atoms with E-state index >= 15 is 0 Å². The summed E-state index contributed by atoms with van der Waals surface area (Å²) in [4.78, 5) is 15.8. The largest absolute Gasteiger partial charge is 0.368 e. The fraction of sp³-hybridized carbons (Fsp3) is 0.111. The molecule has 2 heterocycles. The molecule has 0 radical (unpaired) electrons. The minimum atomic E-state index is 0.109. The second kappa shape index (κ2) is 3.49. The molecule has 2 aromatic heterocycles. The average Bonchev–Trinajstić information content (AvgIpc) is 2.17. The normalized spacial score (nSPS) is 10.2. The zero-order valence-corrected chi connectivity index (χ0v) is 8.18. The third kappa shape index (κ3) is 1.98. The average molecular weight is 202 g/mol. The molecule has 2 rings (SSSR count). The molecule has 2 aromatic rings. The molecule has 0 aliphatic heterocycles. The molecule has 0 unspecified atom stereocenters. The number of hydrogen-bond donors (Lipinski definition) is 2. The summed E-state index contributed by atoms with van der Waals surface area (Å²) in [7, 11) is 0. The van der Waals surface area contributed by atoms with Crippen LogP contribution in [0.2, 0.25) is 0 Å². The molecule has 6 nitrogen and oxygen atoms in total. The number of pyridine rings is 1. The van der Waals surface area contributed by atoms with Crippen LogP contribution in [0.1, 0.15) is 5.69 Å². The van der Waals surface area contributed by atoms with Gasteiger partial charge in [0, 0.05) is 17.5 Å². The van der Waals surface area contributed by atoms with Crippen molar-refractivity contribution in [2.75, 3.05) is 11.5 Å². The lowest BCUT2D eigenvalue weighted by Crippen LogP contribution is -2.04. The Morgan fingerprint density at radius 2 is 1.67 bits per heavy atom. The highest BCUT2D eigenvalue weighted by Gasteiger charge is 2.04. The van der Waals surface area contributed by atoms with Gasteiger partial charge in [-0.3, -0.25) is 4.98 Å². The molecule has 4 N–H and O–H groups in total. The van der Waals surface area contributed by atoms with Gasteiger partial charge >= 0.3 is 0 Å². The van der Waals surface area contributed by atoms with Crippen LogP contribution in [0.25, 0.3) is 11.4 Å². The fourth-order valence-electron chi connectivity index (χ4n) is 1.14. The van der Waals surface area contributed by atoms with Crippen LogP contribution in [0.3, 0.4) is 0 Å². The molecule has 0 saturated carbocycles. The number of nitrogens with zero attached hydrogens (tertiary/aromatic N) is 4. The van der Waals surface area contributed by atoms with E-state index < -0.39 is 0 Å². The zero-order chi connectivity index (χ0) is 10.8. The van der Waals surface area contributed by atoms with Crippen molar-refractivity contribution in [2.24, 2.45) is 0 Å². The van der Waals surface area contributed by atoms with Gasteiger partial charge in [0.15, 0.2) is 5.82 Å². The van der Waals surface area contributed by atoms with E-state index in [-0.39, 0.29) is 11.9 Å². The Balaban J connectivity index is 2.49. The van der Waals surface area contributed by atoms with Crippen LogP contribution >= 0.6 is 0 Å². The Labute approximate surface area is 86.4 Å². The lowest BCUT2D eigenvalue weighted by molar-refractivity contribution is 1.08. The Hall–Kier alpha value is -2.24. The van der Waals surface area contributed by atoms with Crippen LogP contribution in [0.4, 0.5) is 11.9 Å². The lowest BCUT2D eigenvalue weighted by Gasteiger charge is -2.01. The topological polar surface area (TPSA) is 104 Å². The Bertz CT molecular complexity index is 458. The lowest BCUT2D eigenvalue weighted by atomic mass is 10.2. The van der Waals surface area contributed by atoms with Crippen LogP contribution in [0.5, 0.6) is 0 Å². The standard InChI is InChI=1S/C9H10N6/c1-5-2-3-6(4-12-5)7-13-8(10)15-9(11)14-7/h2-4H,1H3,(H4,10,11,13,14,15). The van der Waals surface area contributed by atoms with Crippen molar-refractivity contribution < 1.29 is 0 Å². The maximum atomic E-state index is 5.46. The van der Waals surface area contributed by atoms with Crippen LogP contribution < -0.4 is 11.5 Å². The Kier molecular flexibility index (Phi) is 2.17. The van der Waals surface area contributed by atoms with Crippen molar-refractivity contribution >= 4 is 11.9 Å². The molecule has 0 spiro atoms. The van der Waals surface area contributed by atoms with E-state index in [2.05, 4.69) is 19.9 Å². The number of nitrogens with two attached hydrogens (primary N) is 2. The first-order chi connectivity index (χ1) is 7.15. The van der Waals surface area contributed by atoms with Gasteiger partial charge in [0.05, 0.1) is 0 Å². The second-order valence-electron chi connectivity index (χ2n) is 3.06. The SMILES string of the molecule is Cc1ccc(-c2nc(N)nc(N)n2)cn1. The first-order valence-corrected chi connectivity index (χ1v) is 4.35. The maximum absolute atomic E-state index is 5.46. The number of aromatic nitrogens is 4. The molecule has 0 aliphatic rings. The van der Waals surface area contributed by atoms with Gasteiger partial charge in [-0.25, -0.2) is 0 Å². The van der Waals surface area contributed by atoms with Crippen molar-refractivity contribution in [3.8, 4) is 11.4 Å². The molecule has 0 atom stereocenters. The third-order valence-corrected chi connectivity index (χ3v) is 1.84. The Morgan fingerprint density at radius 3 is 2.20 bits per heavy atom. The van der Waals surface area contributed by atoms with Gasteiger partial charge in [0.2, 0.25) is 11.9 Å². The van der Waals surface area contributed by atoms with Crippen molar-refractivity contribution in [1.29, 1.82) is 0 Å². The van der Waals surface area contributed by atoms with Crippen LogP contribution in [0.15, 0.2) is 18.3 Å². The summed E-state index contributed by atoms with van der Waals surface area (Å²) in [5.74, 6) is 0.656. The van der Waals surface area contributed by atoms with E-state index in [1.807, 2.05) is 19.1 Å². The minimum Gasteiger partial charge on any atom is -0.368 e.